The lowest BCUT2D eigenvalue weighted by Crippen LogP contribution is -2.29. The third kappa shape index (κ3) is 4.23. The number of halogens is 5. The van der Waals surface area contributed by atoms with Crippen LogP contribution in [0.3, 0.4) is 0 Å². The van der Waals surface area contributed by atoms with Gasteiger partial charge in [-0.05, 0) is 24.3 Å². The first kappa shape index (κ1) is 20.7. The normalized spacial score (nSPS) is 12.7. The molecule has 0 bridgehead atoms. The zero-order valence-corrected chi connectivity index (χ0v) is 13.7. The van der Waals surface area contributed by atoms with Crippen molar-refractivity contribution in [1.29, 1.82) is 0 Å². The second-order valence-corrected chi connectivity index (χ2v) is 6.57. The van der Waals surface area contributed by atoms with Gasteiger partial charge in [-0.1, -0.05) is 0 Å². The molecule has 0 spiro atoms. The Morgan fingerprint density at radius 3 is 1.81 bits per heavy atom. The number of hydrogen-bond acceptors (Lipinski definition) is 5. The average molecular weight is 412 g/mol. The van der Waals surface area contributed by atoms with Crippen molar-refractivity contribution in [2.75, 3.05) is 0 Å². The molecule has 6 nitrogen and oxygen atoms in total. The molecule has 0 aliphatic carbocycles. The van der Waals surface area contributed by atoms with Gasteiger partial charge in [0.1, 0.15) is 12.4 Å². The second-order valence-electron chi connectivity index (χ2n) is 5.09. The van der Waals surface area contributed by atoms with Crippen LogP contribution in [0.25, 0.3) is 0 Å². The van der Waals surface area contributed by atoms with E-state index in [-0.39, 0.29) is 11.3 Å². The molecule has 0 amide bonds. The standard InChI is InChI=1S/C15H9F5O6S/c16-9-8(10(17)12(19)13(20)11(9)18)5-26-7-3-1-6(2-4-7)14(21)15(22)27(23,24)25/h1-4,15,22H,5H2,(H,23,24,25). The van der Waals surface area contributed by atoms with E-state index in [0.717, 1.165) is 24.3 Å². The van der Waals surface area contributed by atoms with Crippen molar-refractivity contribution >= 4 is 15.9 Å². The molecule has 0 aliphatic rings. The molecule has 2 rings (SSSR count). The second kappa shape index (κ2) is 7.58. The minimum Gasteiger partial charge on any atom is -0.489 e. The minimum atomic E-state index is -5.04. The van der Waals surface area contributed by atoms with Crippen LogP contribution in [0.5, 0.6) is 5.75 Å². The number of ketones is 1. The van der Waals surface area contributed by atoms with Crippen molar-refractivity contribution in [2.45, 2.75) is 12.0 Å². The highest BCUT2D eigenvalue weighted by molar-refractivity contribution is 7.87. The Bertz CT molecular complexity index is 962. The Morgan fingerprint density at radius 1 is 0.926 bits per heavy atom. The highest BCUT2D eigenvalue weighted by atomic mass is 32.2. The Hall–Kier alpha value is -2.57. The molecule has 1 unspecified atom stereocenters. The number of benzene rings is 2. The lowest BCUT2D eigenvalue weighted by molar-refractivity contribution is 0.0848. The number of ether oxygens (including phenoxy) is 1. The fourth-order valence-electron chi connectivity index (χ4n) is 1.93. The highest BCUT2D eigenvalue weighted by Crippen LogP contribution is 2.24. The molecule has 0 aromatic heterocycles. The average Bonchev–Trinajstić information content (AvgIpc) is 2.63. The first-order valence-corrected chi connectivity index (χ1v) is 8.37. The van der Waals surface area contributed by atoms with E-state index in [0.29, 0.717) is 0 Å². The molecule has 2 aromatic carbocycles. The summed E-state index contributed by atoms with van der Waals surface area (Å²) < 4.78 is 101. The van der Waals surface area contributed by atoms with Crippen LogP contribution in [0.2, 0.25) is 0 Å². The number of aliphatic hydroxyl groups is 1. The summed E-state index contributed by atoms with van der Waals surface area (Å²) >= 11 is 0. The topological polar surface area (TPSA) is 101 Å². The molecule has 0 radical (unpaired) electrons. The molecule has 2 N–H and O–H groups in total. The predicted octanol–water partition coefficient (Wildman–Crippen LogP) is 2.35. The third-order valence-corrected chi connectivity index (χ3v) is 4.11. The van der Waals surface area contributed by atoms with Gasteiger partial charge in [0.05, 0.1) is 5.56 Å². The van der Waals surface area contributed by atoms with Crippen LogP contribution in [-0.4, -0.2) is 29.3 Å². The van der Waals surface area contributed by atoms with Gasteiger partial charge in [0.25, 0.3) is 10.1 Å². The van der Waals surface area contributed by atoms with Gasteiger partial charge < -0.3 is 9.84 Å². The van der Waals surface area contributed by atoms with Crippen molar-refractivity contribution in [2.24, 2.45) is 0 Å². The maximum absolute atomic E-state index is 13.5. The maximum atomic E-state index is 13.5. The number of Topliss-reactive ketones (excluding diaryl/α,β-unsaturated/α-hetero) is 1. The smallest absolute Gasteiger partial charge is 0.299 e. The summed E-state index contributed by atoms with van der Waals surface area (Å²) in [5.74, 6) is -12.2. The van der Waals surface area contributed by atoms with Gasteiger partial charge in [-0.25, -0.2) is 22.0 Å². The van der Waals surface area contributed by atoms with Crippen LogP contribution in [0.4, 0.5) is 22.0 Å². The molecule has 0 saturated carbocycles. The summed E-state index contributed by atoms with van der Waals surface area (Å²) in [5, 5.41) is 9.16. The molecule has 12 heteroatoms. The summed E-state index contributed by atoms with van der Waals surface area (Å²) in [6.45, 7) is -1.03. The number of hydrogen-bond donors (Lipinski definition) is 2. The Balaban J connectivity index is 2.19. The molecule has 27 heavy (non-hydrogen) atoms. The van der Waals surface area contributed by atoms with Gasteiger partial charge in [0.15, 0.2) is 23.3 Å². The molecule has 0 heterocycles. The molecular weight excluding hydrogens is 403 g/mol. The van der Waals surface area contributed by atoms with Gasteiger partial charge in [-0.2, -0.15) is 8.42 Å². The maximum Gasteiger partial charge on any atom is 0.299 e. The van der Waals surface area contributed by atoms with Crippen LogP contribution in [0.1, 0.15) is 15.9 Å². The summed E-state index contributed by atoms with van der Waals surface area (Å²) in [6, 6.07) is 3.92. The molecule has 2 aromatic rings. The van der Waals surface area contributed by atoms with E-state index in [1.165, 1.54) is 0 Å². The van der Waals surface area contributed by atoms with E-state index in [2.05, 4.69) is 0 Å². The summed E-state index contributed by atoms with van der Waals surface area (Å²) in [4.78, 5) is 11.6. The number of rotatable bonds is 6. The molecule has 146 valence electrons. The Kier molecular flexibility index (Phi) is 5.82. The van der Waals surface area contributed by atoms with E-state index in [1.807, 2.05) is 0 Å². The first-order valence-electron chi connectivity index (χ1n) is 6.87. The van der Waals surface area contributed by atoms with E-state index in [1.54, 1.807) is 0 Å². The summed E-state index contributed by atoms with van der Waals surface area (Å²) in [5.41, 5.74) is -4.28. The van der Waals surface area contributed by atoms with Gasteiger partial charge in [0, 0.05) is 5.56 Å². The van der Waals surface area contributed by atoms with Crippen molar-refractivity contribution in [3.63, 3.8) is 0 Å². The number of carbonyl (C=O) groups is 1. The zero-order valence-electron chi connectivity index (χ0n) is 12.9. The lowest BCUT2D eigenvalue weighted by Gasteiger charge is -2.11. The van der Waals surface area contributed by atoms with Crippen LogP contribution >= 0.6 is 0 Å². The van der Waals surface area contributed by atoms with E-state index in [9.17, 15) is 35.2 Å². The van der Waals surface area contributed by atoms with Crippen LogP contribution in [-0.2, 0) is 16.7 Å². The van der Waals surface area contributed by atoms with E-state index >= 15 is 0 Å². The molecule has 0 fully saturated rings. The Morgan fingerprint density at radius 2 is 1.37 bits per heavy atom. The largest absolute Gasteiger partial charge is 0.489 e. The first-order chi connectivity index (χ1) is 12.4. The van der Waals surface area contributed by atoms with Crippen molar-refractivity contribution in [1.82, 2.24) is 0 Å². The van der Waals surface area contributed by atoms with Crippen LogP contribution < -0.4 is 4.74 Å². The van der Waals surface area contributed by atoms with Crippen LogP contribution in [0.15, 0.2) is 24.3 Å². The molecule has 1 atom stereocenters. The van der Waals surface area contributed by atoms with E-state index < -0.39 is 62.6 Å². The fourth-order valence-corrected chi connectivity index (χ4v) is 2.33. The molecule has 0 aliphatic heterocycles. The van der Waals surface area contributed by atoms with Crippen molar-refractivity contribution < 1.29 is 49.6 Å². The molecule has 0 saturated heterocycles. The SMILES string of the molecule is O=C(c1ccc(OCc2c(F)c(F)c(F)c(F)c2F)cc1)C(O)S(=O)(=O)O. The van der Waals surface area contributed by atoms with Gasteiger partial charge >= 0.3 is 0 Å². The van der Waals surface area contributed by atoms with E-state index in [4.69, 9.17) is 14.4 Å². The van der Waals surface area contributed by atoms with Crippen molar-refractivity contribution in [3.05, 3.63) is 64.5 Å². The number of aliphatic hydroxyl groups excluding tert-OH is 1. The van der Waals surface area contributed by atoms with Gasteiger partial charge in [-0.15, -0.1) is 0 Å². The minimum absolute atomic E-state index is 0.170. The number of carbonyl (C=O) groups excluding carboxylic acids is 1. The highest BCUT2D eigenvalue weighted by Gasteiger charge is 2.29. The van der Waals surface area contributed by atoms with Gasteiger partial charge in [-0.3, -0.25) is 9.35 Å². The third-order valence-electron chi connectivity index (χ3n) is 3.33. The Labute approximate surface area is 148 Å². The predicted molar refractivity (Wildman–Crippen MR) is 78.9 cm³/mol. The quantitative estimate of drug-likeness (QED) is 0.248. The summed E-state index contributed by atoms with van der Waals surface area (Å²) in [6.07, 6.45) is 0. The molecular formula is C15H9F5O6S. The lowest BCUT2D eigenvalue weighted by atomic mass is 10.1. The van der Waals surface area contributed by atoms with Crippen LogP contribution in [0, 0.1) is 29.1 Å². The summed E-state index contributed by atoms with van der Waals surface area (Å²) in [7, 11) is -5.04. The van der Waals surface area contributed by atoms with Gasteiger partial charge in [0.2, 0.25) is 17.0 Å². The van der Waals surface area contributed by atoms with Crippen molar-refractivity contribution in [3.8, 4) is 5.75 Å². The fraction of sp³-hybridized carbons (Fsp3) is 0.133. The monoisotopic (exact) mass is 412 g/mol. The zero-order chi connectivity index (χ0) is 20.5.